The Labute approximate surface area is 108 Å². The Morgan fingerprint density at radius 1 is 0.647 bits per heavy atom. The lowest BCUT2D eigenvalue weighted by atomic mass is 9.82. The van der Waals surface area contributed by atoms with Crippen LogP contribution in [-0.4, -0.2) is 24.5 Å². The number of fused-ring (bicyclic) bond motifs is 1. The number of piperidine rings is 1. The third-order valence-corrected chi connectivity index (χ3v) is 5.02. The molecule has 2 rings (SSSR count). The number of nitrogens with zero attached hydrogens (tertiary/aromatic N) is 1. The first-order chi connectivity index (χ1) is 8.38. The topological polar surface area (TPSA) is 3.24 Å². The zero-order valence-corrected chi connectivity index (χ0v) is 11.8. The maximum atomic E-state index is 2.67. The highest BCUT2D eigenvalue weighted by atomic mass is 15.1. The van der Waals surface area contributed by atoms with Crippen molar-refractivity contribution in [2.75, 3.05) is 13.6 Å². The zero-order chi connectivity index (χ0) is 11.9. The molecule has 0 amide bonds. The first kappa shape index (κ1) is 13.4. The van der Waals surface area contributed by atoms with Crippen LogP contribution in [0.3, 0.4) is 0 Å². The van der Waals surface area contributed by atoms with Crippen LogP contribution in [0.15, 0.2) is 0 Å². The largest absolute Gasteiger partial charge is 0.303 e. The van der Waals surface area contributed by atoms with Gasteiger partial charge in [-0.05, 0) is 45.2 Å². The standard InChI is InChI=1S/C16H31N/c1-17-14-10-12-15-11-8-6-4-2-3-5-7-9-13-16(15)17/h15-16H,2-14H2,1H3. The molecule has 1 saturated heterocycles. The average Bonchev–Trinajstić information content (AvgIpc) is 2.31. The fourth-order valence-electron chi connectivity index (χ4n) is 3.93. The van der Waals surface area contributed by atoms with E-state index in [4.69, 9.17) is 0 Å². The summed E-state index contributed by atoms with van der Waals surface area (Å²) in [5, 5.41) is 0. The quantitative estimate of drug-likeness (QED) is 0.594. The maximum absolute atomic E-state index is 2.67. The van der Waals surface area contributed by atoms with Gasteiger partial charge >= 0.3 is 0 Å². The number of rotatable bonds is 0. The van der Waals surface area contributed by atoms with Crippen molar-refractivity contribution < 1.29 is 0 Å². The number of hydrogen-bond donors (Lipinski definition) is 0. The van der Waals surface area contributed by atoms with Crippen LogP contribution in [0.5, 0.6) is 0 Å². The molecule has 1 aliphatic carbocycles. The van der Waals surface area contributed by atoms with Gasteiger partial charge in [0.2, 0.25) is 0 Å². The van der Waals surface area contributed by atoms with Gasteiger partial charge in [-0.3, -0.25) is 0 Å². The summed E-state index contributed by atoms with van der Waals surface area (Å²) >= 11 is 0. The Balaban J connectivity index is 1.86. The predicted molar refractivity (Wildman–Crippen MR) is 75.3 cm³/mol. The Morgan fingerprint density at radius 2 is 1.18 bits per heavy atom. The van der Waals surface area contributed by atoms with E-state index in [-0.39, 0.29) is 0 Å². The Bertz CT molecular complexity index is 202. The molecule has 2 aliphatic rings. The van der Waals surface area contributed by atoms with Crippen molar-refractivity contribution in [3.8, 4) is 0 Å². The van der Waals surface area contributed by atoms with Crippen molar-refractivity contribution in [1.82, 2.24) is 4.90 Å². The second kappa shape index (κ2) is 7.41. The second-order valence-electron chi connectivity index (χ2n) is 6.36. The van der Waals surface area contributed by atoms with Gasteiger partial charge in [0.1, 0.15) is 0 Å². The van der Waals surface area contributed by atoms with E-state index in [0.717, 1.165) is 12.0 Å². The molecule has 0 N–H and O–H groups in total. The van der Waals surface area contributed by atoms with Gasteiger partial charge in [-0.1, -0.05) is 51.4 Å². The first-order valence-corrected chi connectivity index (χ1v) is 8.08. The molecule has 1 heterocycles. The van der Waals surface area contributed by atoms with E-state index in [1.165, 1.54) is 83.6 Å². The summed E-state index contributed by atoms with van der Waals surface area (Å²) in [6.45, 7) is 1.35. The van der Waals surface area contributed by atoms with Gasteiger partial charge in [-0.2, -0.15) is 0 Å². The molecule has 0 aromatic rings. The zero-order valence-electron chi connectivity index (χ0n) is 11.8. The second-order valence-corrected chi connectivity index (χ2v) is 6.36. The summed E-state index contributed by atoms with van der Waals surface area (Å²) in [6.07, 6.45) is 17.8. The molecule has 0 aromatic carbocycles. The van der Waals surface area contributed by atoms with Crippen molar-refractivity contribution in [3.05, 3.63) is 0 Å². The molecule has 0 aromatic heterocycles. The summed E-state index contributed by atoms with van der Waals surface area (Å²) in [6, 6.07) is 0.920. The lowest BCUT2D eigenvalue weighted by molar-refractivity contribution is 0.102. The minimum Gasteiger partial charge on any atom is -0.303 e. The molecule has 1 nitrogen and oxygen atoms in total. The van der Waals surface area contributed by atoms with Gasteiger partial charge in [0.25, 0.3) is 0 Å². The van der Waals surface area contributed by atoms with E-state index in [1.54, 1.807) is 0 Å². The molecule has 2 atom stereocenters. The molecule has 1 saturated carbocycles. The molecule has 2 fully saturated rings. The van der Waals surface area contributed by atoms with Gasteiger partial charge < -0.3 is 4.90 Å². The fraction of sp³-hybridized carbons (Fsp3) is 1.00. The molecular weight excluding hydrogens is 206 g/mol. The van der Waals surface area contributed by atoms with Crippen LogP contribution in [0.4, 0.5) is 0 Å². The molecule has 1 heteroatoms. The van der Waals surface area contributed by atoms with Crippen LogP contribution in [0.2, 0.25) is 0 Å². The van der Waals surface area contributed by atoms with E-state index in [0.29, 0.717) is 0 Å². The molecule has 1 aliphatic heterocycles. The Hall–Kier alpha value is -0.0400. The fourth-order valence-corrected chi connectivity index (χ4v) is 3.93. The smallest absolute Gasteiger partial charge is 0.0120 e. The van der Waals surface area contributed by atoms with E-state index in [1.807, 2.05) is 0 Å². The molecule has 0 spiro atoms. The summed E-state index contributed by atoms with van der Waals surface area (Å²) < 4.78 is 0. The van der Waals surface area contributed by atoms with Crippen LogP contribution < -0.4 is 0 Å². The van der Waals surface area contributed by atoms with Crippen LogP contribution in [-0.2, 0) is 0 Å². The summed E-state index contributed by atoms with van der Waals surface area (Å²) in [4.78, 5) is 2.67. The minimum absolute atomic E-state index is 0.920. The third-order valence-electron chi connectivity index (χ3n) is 5.02. The van der Waals surface area contributed by atoms with Crippen LogP contribution in [0, 0.1) is 5.92 Å². The number of likely N-dealkylation sites (tertiary alicyclic amines) is 1. The van der Waals surface area contributed by atoms with E-state index in [9.17, 15) is 0 Å². The Kier molecular flexibility index (Phi) is 5.84. The Morgan fingerprint density at radius 3 is 1.88 bits per heavy atom. The van der Waals surface area contributed by atoms with E-state index in [2.05, 4.69) is 11.9 Å². The molecule has 100 valence electrons. The van der Waals surface area contributed by atoms with Crippen molar-refractivity contribution in [1.29, 1.82) is 0 Å². The molecule has 0 bridgehead atoms. The van der Waals surface area contributed by atoms with Crippen LogP contribution in [0.25, 0.3) is 0 Å². The van der Waals surface area contributed by atoms with Crippen LogP contribution >= 0.6 is 0 Å². The van der Waals surface area contributed by atoms with E-state index < -0.39 is 0 Å². The number of hydrogen-bond acceptors (Lipinski definition) is 1. The van der Waals surface area contributed by atoms with Crippen molar-refractivity contribution in [2.24, 2.45) is 5.92 Å². The molecule has 17 heavy (non-hydrogen) atoms. The highest BCUT2D eigenvalue weighted by Gasteiger charge is 2.28. The van der Waals surface area contributed by atoms with Gasteiger partial charge in [0.05, 0.1) is 0 Å². The van der Waals surface area contributed by atoms with Gasteiger partial charge in [-0.25, -0.2) is 0 Å². The summed E-state index contributed by atoms with van der Waals surface area (Å²) in [5.41, 5.74) is 0. The highest BCUT2D eigenvalue weighted by Crippen LogP contribution is 2.31. The summed E-state index contributed by atoms with van der Waals surface area (Å²) in [7, 11) is 2.36. The van der Waals surface area contributed by atoms with Gasteiger partial charge in [-0.15, -0.1) is 0 Å². The monoisotopic (exact) mass is 237 g/mol. The van der Waals surface area contributed by atoms with Crippen molar-refractivity contribution in [2.45, 2.75) is 83.1 Å². The maximum Gasteiger partial charge on any atom is 0.0120 e. The third kappa shape index (κ3) is 4.28. The van der Waals surface area contributed by atoms with Crippen LogP contribution in [0.1, 0.15) is 77.0 Å². The van der Waals surface area contributed by atoms with E-state index >= 15 is 0 Å². The molecule has 0 radical (unpaired) electrons. The minimum atomic E-state index is 0.920. The lowest BCUT2D eigenvalue weighted by Crippen LogP contribution is -2.42. The molecular formula is C16H31N. The van der Waals surface area contributed by atoms with Gasteiger partial charge in [0, 0.05) is 6.04 Å². The summed E-state index contributed by atoms with van der Waals surface area (Å²) in [5.74, 6) is 1.02. The highest BCUT2D eigenvalue weighted by molar-refractivity contribution is 4.82. The van der Waals surface area contributed by atoms with Crippen molar-refractivity contribution in [3.63, 3.8) is 0 Å². The van der Waals surface area contributed by atoms with Crippen molar-refractivity contribution >= 4 is 0 Å². The first-order valence-electron chi connectivity index (χ1n) is 8.08. The normalized spacial score (nSPS) is 34.4. The molecule has 2 unspecified atom stereocenters. The predicted octanol–water partition coefficient (Wildman–Crippen LogP) is 4.61. The van der Waals surface area contributed by atoms with Gasteiger partial charge in [0.15, 0.2) is 0 Å². The average molecular weight is 237 g/mol. The lowest BCUT2D eigenvalue weighted by Gasteiger charge is -2.39. The SMILES string of the molecule is CN1CCCC2CCCCCCCCCCC21.